The molecule has 1 saturated heterocycles. The second-order valence-corrected chi connectivity index (χ2v) is 6.57. The van der Waals surface area contributed by atoms with Crippen LogP contribution in [0.2, 0.25) is 0 Å². The molecular formula is C16H26N4O. The summed E-state index contributed by atoms with van der Waals surface area (Å²) in [6.07, 6.45) is 9.72. The number of carbonyl (C=O) groups excluding carboxylic acids is 1. The summed E-state index contributed by atoms with van der Waals surface area (Å²) in [7, 11) is 0. The first-order valence-electron chi connectivity index (χ1n) is 8.44. The molecular weight excluding hydrogens is 264 g/mol. The highest BCUT2D eigenvalue weighted by atomic mass is 16.1. The van der Waals surface area contributed by atoms with Crippen molar-refractivity contribution in [3.63, 3.8) is 0 Å². The minimum atomic E-state index is 0.168. The summed E-state index contributed by atoms with van der Waals surface area (Å²) in [5.74, 6) is 1.10. The first kappa shape index (κ1) is 14.7. The molecule has 116 valence electrons. The third-order valence-corrected chi connectivity index (χ3v) is 5.18. The van der Waals surface area contributed by atoms with Gasteiger partial charge in [-0.15, -0.1) is 5.10 Å². The number of hydrogen-bond donors (Lipinski definition) is 1. The quantitative estimate of drug-likeness (QED) is 0.866. The molecule has 0 spiro atoms. The Kier molecular flexibility index (Phi) is 4.68. The number of Topliss-reactive ketones (excluding diaryl/α,β-unsaturated/α-hetero) is 1. The molecule has 2 fully saturated rings. The zero-order valence-corrected chi connectivity index (χ0v) is 12.9. The number of aromatic nitrogens is 3. The number of carbonyl (C=O) groups is 1. The Morgan fingerprint density at radius 1 is 1.33 bits per heavy atom. The molecule has 2 unspecified atom stereocenters. The monoisotopic (exact) mass is 290 g/mol. The number of rotatable bonds is 4. The van der Waals surface area contributed by atoms with Gasteiger partial charge in [0.1, 0.15) is 5.69 Å². The van der Waals surface area contributed by atoms with Crippen LogP contribution in [0, 0.1) is 11.8 Å². The van der Waals surface area contributed by atoms with E-state index in [9.17, 15) is 4.79 Å². The van der Waals surface area contributed by atoms with Crippen LogP contribution in [0.3, 0.4) is 0 Å². The summed E-state index contributed by atoms with van der Waals surface area (Å²) in [5.41, 5.74) is 0.579. The average Bonchev–Trinajstić information content (AvgIpc) is 3.05. The molecule has 0 amide bonds. The third kappa shape index (κ3) is 3.34. The second kappa shape index (κ2) is 6.69. The summed E-state index contributed by atoms with van der Waals surface area (Å²) >= 11 is 0. The highest BCUT2D eigenvalue weighted by Crippen LogP contribution is 2.32. The van der Waals surface area contributed by atoms with Crippen molar-refractivity contribution in [3.05, 3.63) is 11.9 Å². The first-order chi connectivity index (χ1) is 10.3. The number of hydrogen-bond acceptors (Lipinski definition) is 4. The first-order valence-corrected chi connectivity index (χ1v) is 8.44. The Labute approximate surface area is 126 Å². The van der Waals surface area contributed by atoms with Crippen LogP contribution in [-0.2, 0) is 0 Å². The van der Waals surface area contributed by atoms with Crippen LogP contribution in [0.4, 0.5) is 0 Å². The Morgan fingerprint density at radius 2 is 2.14 bits per heavy atom. The van der Waals surface area contributed by atoms with E-state index >= 15 is 0 Å². The Morgan fingerprint density at radius 3 is 2.90 bits per heavy atom. The molecule has 1 aliphatic carbocycles. The van der Waals surface area contributed by atoms with E-state index in [2.05, 4.69) is 22.6 Å². The molecule has 21 heavy (non-hydrogen) atoms. The number of nitrogens with one attached hydrogen (secondary N) is 1. The van der Waals surface area contributed by atoms with E-state index < -0.39 is 0 Å². The molecule has 5 nitrogen and oxygen atoms in total. The van der Waals surface area contributed by atoms with Crippen molar-refractivity contribution in [2.75, 3.05) is 13.1 Å². The Hall–Kier alpha value is -1.23. The fraction of sp³-hybridized carbons (Fsp3) is 0.812. The van der Waals surface area contributed by atoms with Gasteiger partial charge in [0.15, 0.2) is 5.78 Å². The maximum Gasteiger partial charge on any atom is 0.187 e. The van der Waals surface area contributed by atoms with E-state index in [1.807, 2.05) is 10.9 Å². The lowest BCUT2D eigenvalue weighted by molar-refractivity contribution is 0.0856. The Bertz CT molecular complexity index is 478. The predicted molar refractivity (Wildman–Crippen MR) is 81.2 cm³/mol. The Balaban J connectivity index is 1.66. The molecule has 2 heterocycles. The van der Waals surface area contributed by atoms with Crippen molar-refractivity contribution in [1.82, 2.24) is 20.3 Å². The van der Waals surface area contributed by atoms with Crippen molar-refractivity contribution in [2.24, 2.45) is 11.8 Å². The molecule has 5 heteroatoms. The molecule has 0 radical (unpaired) electrons. The standard InChI is InChI=1S/C16H26N4O/c1-2-12-4-3-5-13(10-12)16(21)15-11-20(19-18-15)14-6-8-17-9-7-14/h11-14,17H,2-10H2,1H3. The van der Waals surface area contributed by atoms with Crippen LogP contribution in [0.25, 0.3) is 0 Å². The van der Waals surface area contributed by atoms with E-state index in [-0.39, 0.29) is 11.7 Å². The van der Waals surface area contributed by atoms with Gasteiger partial charge in [0.25, 0.3) is 0 Å². The van der Waals surface area contributed by atoms with Gasteiger partial charge in [0.2, 0.25) is 0 Å². The highest BCUT2D eigenvalue weighted by molar-refractivity contribution is 5.95. The second-order valence-electron chi connectivity index (χ2n) is 6.57. The van der Waals surface area contributed by atoms with Gasteiger partial charge in [-0.2, -0.15) is 0 Å². The van der Waals surface area contributed by atoms with E-state index in [4.69, 9.17) is 0 Å². The number of nitrogens with zero attached hydrogens (tertiary/aromatic N) is 3. The van der Waals surface area contributed by atoms with Gasteiger partial charge in [-0.3, -0.25) is 4.79 Å². The molecule has 1 aliphatic heterocycles. The summed E-state index contributed by atoms with van der Waals surface area (Å²) in [6.45, 7) is 4.27. The van der Waals surface area contributed by atoms with E-state index in [1.165, 1.54) is 19.3 Å². The lowest BCUT2D eigenvalue weighted by Gasteiger charge is -2.26. The molecule has 1 aromatic rings. The van der Waals surface area contributed by atoms with E-state index in [0.717, 1.165) is 38.8 Å². The van der Waals surface area contributed by atoms with Gasteiger partial charge in [-0.25, -0.2) is 4.68 Å². The molecule has 1 saturated carbocycles. The summed E-state index contributed by atoms with van der Waals surface area (Å²) in [4.78, 5) is 12.6. The topological polar surface area (TPSA) is 59.8 Å². The van der Waals surface area contributed by atoms with Gasteiger partial charge in [-0.1, -0.05) is 31.4 Å². The van der Waals surface area contributed by atoms with Crippen LogP contribution < -0.4 is 5.32 Å². The predicted octanol–water partition coefficient (Wildman–Crippen LogP) is 2.60. The number of piperidine rings is 1. The highest BCUT2D eigenvalue weighted by Gasteiger charge is 2.29. The molecule has 3 rings (SSSR count). The van der Waals surface area contributed by atoms with Crippen molar-refractivity contribution in [3.8, 4) is 0 Å². The lowest BCUT2D eigenvalue weighted by atomic mass is 9.78. The number of ketones is 1. The van der Waals surface area contributed by atoms with Gasteiger partial charge in [0, 0.05) is 5.92 Å². The maximum atomic E-state index is 12.6. The van der Waals surface area contributed by atoms with Crippen molar-refractivity contribution < 1.29 is 4.79 Å². The zero-order valence-electron chi connectivity index (χ0n) is 12.9. The van der Waals surface area contributed by atoms with Crippen molar-refractivity contribution >= 4 is 5.78 Å². The molecule has 0 aromatic carbocycles. The van der Waals surface area contributed by atoms with E-state index in [1.54, 1.807) is 0 Å². The van der Waals surface area contributed by atoms with Crippen LogP contribution in [0.1, 0.15) is 68.4 Å². The summed E-state index contributed by atoms with van der Waals surface area (Å²) in [5, 5.41) is 11.7. The van der Waals surface area contributed by atoms with Gasteiger partial charge in [-0.05, 0) is 44.7 Å². The molecule has 2 atom stereocenters. The van der Waals surface area contributed by atoms with Crippen LogP contribution >= 0.6 is 0 Å². The molecule has 1 N–H and O–H groups in total. The fourth-order valence-corrected chi connectivity index (χ4v) is 3.75. The smallest absolute Gasteiger partial charge is 0.187 e. The summed E-state index contributed by atoms with van der Waals surface area (Å²) in [6, 6.07) is 0.398. The van der Waals surface area contributed by atoms with E-state index in [0.29, 0.717) is 17.7 Å². The van der Waals surface area contributed by atoms with Gasteiger partial charge >= 0.3 is 0 Å². The molecule has 1 aromatic heterocycles. The zero-order chi connectivity index (χ0) is 14.7. The van der Waals surface area contributed by atoms with Gasteiger partial charge in [0.05, 0.1) is 12.2 Å². The SMILES string of the molecule is CCC1CCCC(C(=O)c2cn(C3CCNCC3)nn2)C1. The van der Waals surface area contributed by atoms with Crippen LogP contribution in [-0.4, -0.2) is 33.9 Å². The molecule has 0 bridgehead atoms. The third-order valence-electron chi connectivity index (χ3n) is 5.18. The lowest BCUT2D eigenvalue weighted by Crippen LogP contribution is -2.29. The average molecular weight is 290 g/mol. The van der Waals surface area contributed by atoms with Crippen molar-refractivity contribution in [1.29, 1.82) is 0 Å². The minimum absolute atomic E-state index is 0.168. The van der Waals surface area contributed by atoms with Crippen LogP contribution in [0.15, 0.2) is 6.20 Å². The maximum absolute atomic E-state index is 12.6. The molecule has 2 aliphatic rings. The normalized spacial score (nSPS) is 27.7. The minimum Gasteiger partial charge on any atom is -0.317 e. The van der Waals surface area contributed by atoms with Crippen LogP contribution in [0.5, 0.6) is 0 Å². The largest absolute Gasteiger partial charge is 0.317 e. The summed E-state index contributed by atoms with van der Waals surface area (Å²) < 4.78 is 1.91. The van der Waals surface area contributed by atoms with Gasteiger partial charge < -0.3 is 5.32 Å². The van der Waals surface area contributed by atoms with Crippen molar-refractivity contribution in [2.45, 2.75) is 57.9 Å². The fourth-order valence-electron chi connectivity index (χ4n) is 3.75.